The highest BCUT2D eigenvalue weighted by Crippen LogP contribution is 2.27. The van der Waals surface area contributed by atoms with Crippen molar-refractivity contribution in [2.75, 3.05) is 5.32 Å². The van der Waals surface area contributed by atoms with Gasteiger partial charge in [0.2, 0.25) is 0 Å². The highest BCUT2D eigenvalue weighted by Gasteiger charge is 2.14. The van der Waals surface area contributed by atoms with E-state index in [0.717, 1.165) is 0 Å². The van der Waals surface area contributed by atoms with Crippen LogP contribution in [0.1, 0.15) is 13.8 Å². The lowest BCUT2D eigenvalue weighted by molar-refractivity contribution is -0.136. The first kappa shape index (κ1) is 15.4. The molecule has 0 aliphatic heterocycles. The molecule has 0 saturated heterocycles. The average molecular weight is 288 g/mol. The number of thioether (sulfide) groups is 1. The Kier molecular flexibility index (Phi) is 5.75. The SMILES string of the molecule is CC(C)NC(=O)C(=O)Nc1cccc(SC(F)F)c1. The molecule has 0 aromatic heterocycles. The summed E-state index contributed by atoms with van der Waals surface area (Å²) in [6.07, 6.45) is 0. The second-order valence-electron chi connectivity index (χ2n) is 3.99. The monoisotopic (exact) mass is 288 g/mol. The summed E-state index contributed by atoms with van der Waals surface area (Å²) in [6.45, 7) is 3.45. The summed E-state index contributed by atoms with van der Waals surface area (Å²) < 4.78 is 24.4. The van der Waals surface area contributed by atoms with Crippen LogP contribution in [0.5, 0.6) is 0 Å². The van der Waals surface area contributed by atoms with Crippen LogP contribution in [0.4, 0.5) is 14.5 Å². The van der Waals surface area contributed by atoms with Gasteiger partial charge in [-0.2, -0.15) is 8.78 Å². The zero-order valence-corrected chi connectivity index (χ0v) is 11.3. The summed E-state index contributed by atoms with van der Waals surface area (Å²) in [4.78, 5) is 23.2. The Morgan fingerprint density at radius 3 is 2.47 bits per heavy atom. The normalized spacial score (nSPS) is 10.6. The van der Waals surface area contributed by atoms with Gasteiger partial charge in [-0.05, 0) is 32.0 Å². The van der Waals surface area contributed by atoms with Crippen molar-refractivity contribution in [3.05, 3.63) is 24.3 Å². The third-order valence-electron chi connectivity index (χ3n) is 1.94. The number of carbonyl (C=O) groups excluding carboxylic acids is 2. The first-order valence-electron chi connectivity index (χ1n) is 5.55. The van der Waals surface area contributed by atoms with Crippen molar-refractivity contribution in [3.8, 4) is 0 Å². The summed E-state index contributed by atoms with van der Waals surface area (Å²) in [6, 6.07) is 5.79. The number of halogens is 2. The van der Waals surface area contributed by atoms with Crippen molar-refractivity contribution in [2.24, 2.45) is 0 Å². The molecule has 0 atom stereocenters. The van der Waals surface area contributed by atoms with E-state index in [0.29, 0.717) is 22.3 Å². The Bertz CT molecular complexity index is 467. The largest absolute Gasteiger partial charge is 0.346 e. The van der Waals surface area contributed by atoms with Gasteiger partial charge < -0.3 is 10.6 Å². The Morgan fingerprint density at radius 2 is 1.89 bits per heavy atom. The van der Waals surface area contributed by atoms with Gasteiger partial charge in [-0.15, -0.1) is 0 Å². The molecule has 104 valence electrons. The predicted octanol–water partition coefficient (Wildman–Crippen LogP) is 2.46. The van der Waals surface area contributed by atoms with Crippen LogP contribution in [-0.2, 0) is 9.59 Å². The van der Waals surface area contributed by atoms with Crippen LogP contribution in [0.25, 0.3) is 0 Å². The van der Waals surface area contributed by atoms with Crippen molar-refractivity contribution >= 4 is 29.3 Å². The number of alkyl halides is 2. The van der Waals surface area contributed by atoms with Crippen LogP contribution in [0.3, 0.4) is 0 Å². The Hall–Kier alpha value is -1.63. The fourth-order valence-electron chi connectivity index (χ4n) is 1.27. The van der Waals surface area contributed by atoms with Gasteiger partial charge >= 0.3 is 11.8 Å². The maximum absolute atomic E-state index is 12.2. The van der Waals surface area contributed by atoms with E-state index < -0.39 is 17.6 Å². The molecular weight excluding hydrogens is 274 g/mol. The van der Waals surface area contributed by atoms with Crippen LogP contribution < -0.4 is 10.6 Å². The Labute approximate surface area is 113 Å². The van der Waals surface area contributed by atoms with Gasteiger partial charge in [0, 0.05) is 16.6 Å². The minimum atomic E-state index is -2.53. The minimum absolute atomic E-state index is 0.154. The van der Waals surface area contributed by atoms with E-state index in [1.165, 1.54) is 24.3 Å². The minimum Gasteiger partial charge on any atom is -0.346 e. The molecule has 0 fully saturated rings. The number of benzene rings is 1. The van der Waals surface area contributed by atoms with E-state index in [2.05, 4.69) is 10.6 Å². The van der Waals surface area contributed by atoms with Gasteiger partial charge in [0.25, 0.3) is 5.76 Å². The van der Waals surface area contributed by atoms with Crippen molar-refractivity contribution in [1.82, 2.24) is 5.32 Å². The summed E-state index contributed by atoms with van der Waals surface area (Å²) in [7, 11) is 0. The Balaban J connectivity index is 2.66. The van der Waals surface area contributed by atoms with Gasteiger partial charge in [-0.25, -0.2) is 0 Å². The van der Waals surface area contributed by atoms with Crippen LogP contribution in [0.15, 0.2) is 29.2 Å². The molecular formula is C12H14F2N2O2S. The fraction of sp³-hybridized carbons (Fsp3) is 0.333. The smallest absolute Gasteiger partial charge is 0.313 e. The maximum Gasteiger partial charge on any atom is 0.313 e. The molecule has 0 bridgehead atoms. The highest BCUT2D eigenvalue weighted by molar-refractivity contribution is 7.99. The predicted molar refractivity (Wildman–Crippen MR) is 70.2 cm³/mol. The number of anilines is 1. The zero-order chi connectivity index (χ0) is 14.4. The number of nitrogens with one attached hydrogen (secondary N) is 2. The molecule has 1 rings (SSSR count). The highest BCUT2D eigenvalue weighted by atomic mass is 32.2. The number of hydrogen-bond donors (Lipinski definition) is 2. The van der Waals surface area contributed by atoms with Gasteiger partial charge in [-0.3, -0.25) is 9.59 Å². The summed E-state index contributed by atoms with van der Waals surface area (Å²) in [5.74, 6) is -4.12. The van der Waals surface area contributed by atoms with E-state index in [1.54, 1.807) is 13.8 Å². The molecule has 7 heteroatoms. The van der Waals surface area contributed by atoms with E-state index >= 15 is 0 Å². The molecule has 19 heavy (non-hydrogen) atoms. The molecule has 0 aliphatic rings. The standard InChI is InChI=1S/C12H14F2N2O2S/c1-7(2)15-10(17)11(18)16-8-4-3-5-9(6-8)19-12(13)14/h3-7,12H,1-2H3,(H,15,17)(H,16,18). The van der Waals surface area contributed by atoms with Crippen molar-refractivity contribution < 1.29 is 18.4 Å². The maximum atomic E-state index is 12.2. The van der Waals surface area contributed by atoms with Gasteiger partial charge in [-0.1, -0.05) is 17.8 Å². The lowest BCUT2D eigenvalue weighted by Gasteiger charge is -2.09. The number of carbonyl (C=O) groups is 2. The van der Waals surface area contributed by atoms with E-state index in [4.69, 9.17) is 0 Å². The Morgan fingerprint density at radius 1 is 1.21 bits per heavy atom. The molecule has 1 aromatic rings. The van der Waals surface area contributed by atoms with Crippen LogP contribution in [-0.4, -0.2) is 23.6 Å². The van der Waals surface area contributed by atoms with Gasteiger partial charge in [0.15, 0.2) is 0 Å². The topological polar surface area (TPSA) is 58.2 Å². The summed E-state index contributed by atoms with van der Waals surface area (Å²) in [5, 5.41) is 4.78. The zero-order valence-electron chi connectivity index (χ0n) is 10.4. The molecule has 0 unspecified atom stereocenters. The van der Waals surface area contributed by atoms with E-state index in [-0.39, 0.29) is 6.04 Å². The van der Waals surface area contributed by atoms with E-state index in [1.807, 2.05) is 0 Å². The quantitative estimate of drug-likeness (QED) is 0.661. The van der Waals surface area contributed by atoms with Crippen LogP contribution in [0.2, 0.25) is 0 Å². The molecule has 0 aliphatic carbocycles. The molecule has 0 spiro atoms. The molecule has 2 N–H and O–H groups in total. The van der Waals surface area contributed by atoms with Gasteiger partial charge in [0.1, 0.15) is 0 Å². The number of amides is 2. The second-order valence-corrected chi connectivity index (χ2v) is 5.05. The van der Waals surface area contributed by atoms with Crippen molar-refractivity contribution in [3.63, 3.8) is 0 Å². The molecule has 0 saturated carbocycles. The van der Waals surface area contributed by atoms with E-state index in [9.17, 15) is 18.4 Å². The average Bonchev–Trinajstić information content (AvgIpc) is 2.27. The summed E-state index contributed by atoms with van der Waals surface area (Å²) in [5.41, 5.74) is 0.301. The van der Waals surface area contributed by atoms with Gasteiger partial charge in [0.05, 0.1) is 0 Å². The first-order valence-corrected chi connectivity index (χ1v) is 6.43. The van der Waals surface area contributed by atoms with Crippen LogP contribution >= 0.6 is 11.8 Å². The van der Waals surface area contributed by atoms with Crippen molar-refractivity contribution in [1.29, 1.82) is 0 Å². The lowest BCUT2D eigenvalue weighted by Crippen LogP contribution is -2.39. The first-order chi connectivity index (χ1) is 8.88. The molecule has 0 radical (unpaired) electrons. The van der Waals surface area contributed by atoms with Crippen molar-refractivity contribution in [2.45, 2.75) is 30.5 Å². The van der Waals surface area contributed by atoms with Crippen LogP contribution in [0, 0.1) is 0 Å². The molecule has 1 aromatic carbocycles. The third-order valence-corrected chi connectivity index (χ3v) is 2.65. The third kappa shape index (κ3) is 5.69. The fourth-order valence-corrected chi connectivity index (χ4v) is 1.82. The summed E-state index contributed by atoms with van der Waals surface area (Å²) >= 11 is 0.374. The second kappa shape index (κ2) is 7.08. The lowest BCUT2D eigenvalue weighted by atomic mass is 10.3. The molecule has 4 nitrogen and oxygen atoms in total. The molecule has 0 heterocycles. The number of hydrogen-bond acceptors (Lipinski definition) is 3. The molecule has 2 amide bonds. The number of rotatable bonds is 4.